The molecule has 0 bridgehead atoms. The molecule has 0 saturated heterocycles. The smallest absolute Gasteiger partial charge is 0.151 e. The molecule has 1 N–H and O–H groups in total. The van der Waals surface area contributed by atoms with Crippen molar-refractivity contribution in [3.63, 3.8) is 0 Å². The van der Waals surface area contributed by atoms with E-state index in [-0.39, 0.29) is 0 Å². The fourth-order valence-corrected chi connectivity index (χ4v) is 2.96. The van der Waals surface area contributed by atoms with E-state index in [1.165, 1.54) is 38.5 Å². The number of rotatable bonds is 6. The van der Waals surface area contributed by atoms with Crippen molar-refractivity contribution >= 4 is 5.82 Å². The second-order valence-corrected chi connectivity index (χ2v) is 6.66. The van der Waals surface area contributed by atoms with Crippen molar-refractivity contribution < 1.29 is 0 Å². The summed E-state index contributed by atoms with van der Waals surface area (Å²) in [6, 6.07) is 4.85. The van der Waals surface area contributed by atoms with Gasteiger partial charge in [-0.2, -0.15) is 5.10 Å². The summed E-state index contributed by atoms with van der Waals surface area (Å²) in [5.41, 5.74) is 1.02. The minimum absolute atomic E-state index is 0.631. The Morgan fingerprint density at radius 2 is 1.86 bits per heavy atom. The monoisotopic (exact) mass is 290 g/mol. The second kappa shape index (κ2) is 8.32. The quantitative estimate of drug-likeness (QED) is 0.815. The van der Waals surface area contributed by atoms with Crippen LogP contribution in [-0.2, 0) is 6.54 Å². The first-order valence-electron chi connectivity index (χ1n) is 8.43. The number of anilines is 1. The van der Waals surface area contributed by atoms with E-state index in [1.807, 2.05) is 0 Å². The van der Waals surface area contributed by atoms with Crippen molar-refractivity contribution in [2.75, 3.05) is 18.5 Å². The van der Waals surface area contributed by atoms with Gasteiger partial charge < -0.3 is 10.2 Å². The van der Waals surface area contributed by atoms with Gasteiger partial charge in [0.1, 0.15) is 0 Å². The second-order valence-electron chi connectivity index (χ2n) is 6.66. The molecule has 4 nitrogen and oxygen atoms in total. The first-order chi connectivity index (χ1) is 10.2. The minimum atomic E-state index is 0.631. The van der Waals surface area contributed by atoms with E-state index >= 15 is 0 Å². The average Bonchev–Trinajstić information content (AvgIpc) is 2.76. The van der Waals surface area contributed by atoms with Crippen molar-refractivity contribution in [3.8, 4) is 0 Å². The lowest BCUT2D eigenvalue weighted by atomic mass is 10.1. The lowest BCUT2D eigenvalue weighted by Crippen LogP contribution is -2.32. The molecule has 1 aromatic heterocycles. The van der Waals surface area contributed by atoms with E-state index in [0.29, 0.717) is 12.0 Å². The summed E-state index contributed by atoms with van der Waals surface area (Å²) in [5.74, 6) is 1.67. The summed E-state index contributed by atoms with van der Waals surface area (Å²) in [7, 11) is 2.16. The molecule has 0 aromatic carbocycles. The zero-order valence-electron chi connectivity index (χ0n) is 13.8. The Bertz CT molecular complexity index is 394. The molecule has 118 valence electrons. The van der Waals surface area contributed by atoms with Crippen molar-refractivity contribution in [2.45, 2.75) is 65.0 Å². The van der Waals surface area contributed by atoms with E-state index in [4.69, 9.17) is 0 Å². The van der Waals surface area contributed by atoms with E-state index in [1.54, 1.807) is 0 Å². The van der Waals surface area contributed by atoms with Crippen LogP contribution in [0.25, 0.3) is 0 Å². The Hall–Kier alpha value is -1.16. The molecule has 0 amide bonds. The SMILES string of the molecule is CC(C)CNCc1ccc(N(C)C2CCCCCC2)nn1. The van der Waals surface area contributed by atoms with E-state index in [2.05, 4.69) is 53.4 Å². The molecule has 0 atom stereocenters. The molecule has 0 unspecified atom stereocenters. The van der Waals surface area contributed by atoms with Gasteiger partial charge in [0.25, 0.3) is 0 Å². The van der Waals surface area contributed by atoms with Gasteiger partial charge in [-0.15, -0.1) is 5.10 Å². The summed E-state index contributed by atoms with van der Waals surface area (Å²) in [6.07, 6.45) is 8.04. The van der Waals surface area contributed by atoms with Gasteiger partial charge in [-0.05, 0) is 37.4 Å². The molecular weight excluding hydrogens is 260 g/mol. The van der Waals surface area contributed by atoms with Crippen LogP contribution in [-0.4, -0.2) is 29.8 Å². The molecule has 2 rings (SSSR count). The Kier molecular flexibility index (Phi) is 6.43. The van der Waals surface area contributed by atoms with E-state index in [0.717, 1.165) is 24.6 Å². The zero-order chi connectivity index (χ0) is 15.1. The topological polar surface area (TPSA) is 41.0 Å². The standard InChI is InChI=1S/C17H30N4/c1-14(2)12-18-13-15-10-11-17(20-19-15)21(3)16-8-6-4-5-7-9-16/h10-11,14,16,18H,4-9,12-13H2,1-3H3. The molecule has 1 saturated carbocycles. The summed E-state index contributed by atoms with van der Waals surface area (Å²) >= 11 is 0. The molecule has 1 aliphatic rings. The first-order valence-corrected chi connectivity index (χ1v) is 8.43. The van der Waals surface area contributed by atoms with Crippen LogP contribution in [0.5, 0.6) is 0 Å². The lowest BCUT2D eigenvalue weighted by molar-refractivity contribution is 0.539. The maximum absolute atomic E-state index is 4.42. The number of hydrogen-bond acceptors (Lipinski definition) is 4. The highest BCUT2D eigenvalue weighted by Crippen LogP contribution is 2.23. The van der Waals surface area contributed by atoms with Crippen molar-refractivity contribution in [2.24, 2.45) is 5.92 Å². The molecule has 0 spiro atoms. The van der Waals surface area contributed by atoms with Crippen LogP contribution in [0, 0.1) is 5.92 Å². The van der Waals surface area contributed by atoms with Crippen LogP contribution in [0.1, 0.15) is 58.1 Å². The predicted molar refractivity (Wildman–Crippen MR) is 88.5 cm³/mol. The van der Waals surface area contributed by atoms with Gasteiger partial charge >= 0.3 is 0 Å². The Labute approximate surface area is 129 Å². The first kappa shape index (κ1) is 16.2. The Balaban J connectivity index is 1.88. The third-order valence-electron chi connectivity index (χ3n) is 4.30. The van der Waals surface area contributed by atoms with Gasteiger partial charge in [-0.25, -0.2) is 0 Å². The molecule has 21 heavy (non-hydrogen) atoms. The number of hydrogen-bond donors (Lipinski definition) is 1. The van der Waals surface area contributed by atoms with Crippen LogP contribution >= 0.6 is 0 Å². The van der Waals surface area contributed by atoms with Crippen LogP contribution < -0.4 is 10.2 Å². The van der Waals surface area contributed by atoms with Crippen molar-refractivity contribution in [1.29, 1.82) is 0 Å². The maximum atomic E-state index is 4.42. The number of aromatic nitrogens is 2. The normalized spacial score (nSPS) is 17.0. The van der Waals surface area contributed by atoms with Gasteiger partial charge in [0.05, 0.1) is 5.69 Å². The summed E-state index contributed by atoms with van der Waals surface area (Å²) in [5, 5.41) is 12.2. The molecule has 1 aliphatic carbocycles. The van der Waals surface area contributed by atoms with Crippen LogP contribution in [0.2, 0.25) is 0 Å². The van der Waals surface area contributed by atoms with Gasteiger partial charge in [0.15, 0.2) is 5.82 Å². The molecule has 1 heterocycles. The third kappa shape index (κ3) is 5.27. The highest BCUT2D eigenvalue weighted by Gasteiger charge is 2.18. The zero-order valence-corrected chi connectivity index (χ0v) is 13.8. The van der Waals surface area contributed by atoms with Gasteiger partial charge in [-0.1, -0.05) is 39.5 Å². The highest BCUT2D eigenvalue weighted by molar-refractivity contribution is 5.37. The molecule has 0 radical (unpaired) electrons. The Morgan fingerprint density at radius 3 is 2.43 bits per heavy atom. The average molecular weight is 290 g/mol. The van der Waals surface area contributed by atoms with Crippen molar-refractivity contribution in [1.82, 2.24) is 15.5 Å². The lowest BCUT2D eigenvalue weighted by Gasteiger charge is -2.27. The summed E-state index contributed by atoms with van der Waals surface area (Å²) in [4.78, 5) is 2.32. The molecule has 1 aromatic rings. The summed E-state index contributed by atoms with van der Waals surface area (Å²) < 4.78 is 0. The van der Waals surface area contributed by atoms with Gasteiger partial charge in [-0.3, -0.25) is 0 Å². The van der Waals surface area contributed by atoms with Crippen molar-refractivity contribution in [3.05, 3.63) is 17.8 Å². The fraction of sp³-hybridized carbons (Fsp3) is 0.765. The van der Waals surface area contributed by atoms with E-state index in [9.17, 15) is 0 Å². The van der Waals surface area contributed by atoms with Crippen LogP contribution in [0.15, 0.2) is 12.1 Å². The largest absolute Gasteiger partial charge is 0.355 e. The summed E-state index contributed by atoms with van der Waals surface area (Å²) in [6.45, 7) is 6.25. The third-order valence-corrected chi connectivity index (χ3v) is 4.30. The number of nitrogens with zero attached hydrogens (tertiary/aromatic N) is 3. The molecular formula is C17H30N4. The highest BCUT2D eigenvalue weighted by atomic mass is 15.3. The van der Waals surface area contributed by atoms with E-state index < -0.39 is 0 Å². The maximum Gasteiger partial charge on any atom is 0.151 e. The predicted octanol–water partition coefficient (Wildman–Crippen LogP) is 3.38. The van der Waals surface area contributed by atoms with Crippen LogP contribution in [0.3, 0.4) is 0 Å². The Morgan fingerprint density at radius 1 is 1.14 bits per heavy atom. The molecule has 0 aliphatic heterocycles. The minimum Gasteiger partial charge on any atom is -0.355 e. The fourth-order valence-electron chi connectivity index (χ4n) is 2.96. The van der Waals surface area contributed by atoms with Gasteiger partial charge in [0.2, 0.25) is 0 Å². The van der Waals surface area contributed by atoms with Crippen LogP contribution in [0.4, 0.5) is 5.82 Å². The molecule has 4 heteroatoms. The number of nitrogens with one attached hydrogen (secondary N) is 1. The molecule has 1 fully saturated rings. The van der Waals surface area contributed by atoms with Gasteiger partial charge in [0, 0.05) is 19.6 Å².